The molecule has 3 rings (SSSR count). The summed E-state index contributed by atoms with van der Waals surface area (Å²) < 4.78 is 24.8. The monoisotopic (exact) mass is 361 g/mol. The van der Waals surface area contributed by atoms with E-state index in [1.807, 2.05) is 0 Å². The molecule has 1 aliphatic heterocycles. The minimum atomic E-state index is -2.94. The Morgan fingerprint density at radius 1 is 1.40 bits per heavy atom. The third-order valence-electron chi connectivity index (χ3n) is 3.71. The Morgan fingerprint density at radius 3 is 2.75 bits per heavy atom. The Kier molecular flexibility index (Phi) is 3.62. The Labute approximate surface area is 125 Å². The van der Waals surface area contributed by atoms with E-state index >= 15 is 0 Å². The minimum absolute atomic E-state index is 0.116. The molecule has 1 atom stereocenters. The van der Waals surface area contributed by atoms with Crippen molar-refractivity contribution in [3.8, 4) is 0 Å². The molecule has 110 valence electrons. The Morgan fingerprint density at radius 2 is 2.15 bits per heavy atom. The third kappa shape index (κ3) is 3.06. The molecule has 0 amide bonds. The molecule has 8 heteroatoms. The topological polar surface area (TPSA) is 81.1 Å². The van der Waals surface area contributed by atoms with Crippen LogP contribution in [0.25, 0.3) is 0 Å². The van der Waals surface area contributed by atoms with Crippen LogP contribution in [0.15, 0.2) is 15.5 Å². The lowest BCUT2D eigenvalue weighted by Crippen LogP contribution is -2.28. The van der Waals surface area contributed by atoms with Crippen molar-refractivity contribution in [3.05, 3.63) is 21.0 Å². The van der Waals surface area contributed by atoms with Gasteiger partial charge in [-0.05, 0) is 41.1 Å². The lowest BCUT2D eigenvalue weighted by atomic mass is 10.2. The van der Waals surface area contributed by atoms with Crippen molar-refractivity contribution < 1.29 is 8.42 Å². The van der Waals surface area contributed by atoms with Gasteiger partial charge >= 0.3 is 0 Å². The van der Waals surface area contributed by atoms with Gasteiger partial charge in [0.05, 0.1) is 23.4 Å². The minimum Gasteiger partial charge on any atom is -0.379 e. The van der Waals surface area contributed by atoms with Crippen LogP contribution in [0.2, 0.25) is 0 Å². The highest BCUT2D eigenvalue weighted by molar-refractivity contribution is 9.10. The van der Waals surface area contributed by atoms with Crippen LogP contribution in [0.4, 0.5) is 5.69 Å². The number of rotatable bonds is 4. The maximum atomic E-state index is 12.1. The summed E-state index contributed by atoms with van der Waals surface area (Å²) in [6.07, 6.45) is 4.48. The Balaban J connectivity index is 1.77. The summed E-state index contributed by atoms with van der Waals surface area (Å²) in [6, 6.07) is -0.142. The van der Waals surface area contributed by atoms with E-state index in [4.69, 9.17) is 0 Å². The lowest BCUT2D eigenvalue weighted by Gasteiger charge is -2.14. The molecule has 0 radical (unpaired) electrons. The first kappa shape index (κ1) is 14.1. The van der Waals surface area contributed by atoms with Gasteiger partial charge in [-0.25, -0.2) is 13.1 Å². The second kappa shape index (κ2) is 5.14. The molecule has 2 heterocycles. The fourth-order valence-electron chi connectivity index (χ4n) is 2.37. The fourth-order valence-corrected chi connectivity index (χ4v) is 4.46. The van der Waals surface area contributed by atoms with Crippen molar-refractivity contribution in [2.24, 2.45) is 5.92 Å². The predicted molar refractivity (Wildman–Crippen MR) is 79.6 cm³/mol. The van der Waals surface area contributed by atoms with Gasteiger partial charge in [-0.3, -0.25) is 4.79 Å². The number of anilines is 1. The van der Waals surface area contributed by atoms with Crippen molar-refractivity contribution in [1.82, 2.24) is 9.78 Å². The molecule has 0 aromatic carbocycles. The van der Waals surface area contributed by atoms with Gasteiger partial charge in [0.15, 0.2) is 9.84 Å². The van der Waals surface area contributed by atoms with Gasteiger partial charge in [0.2, 0.25) is 0 Å². The van der Waals surface area contributed by atoms with E-state index in [1.165, 1.54) is 4.68 Å². The molecular formula is C12H16BrN3O3S. The first-order valence-electron chi connectivity index (χ1n) is 6.67. The first-order chi connectivity index (χ1) is 9.44. The zero-order chi connectivity index (χ0) is 14.3. The zero-order valence-corrected chi connectivity index (χ0v) is 13.3. The highest BCUT2D eigenvalue weighted by Crippen LogP contribution is 2.30. The third-order valence-corrected chi connectivity index (χ3v) is 6.24. The molecule has 20 heavy (non-hydrogen) atoms. The molecule has 1 aromatic rings. The van der Waals surface area contributed by atoms with E-state index in [2.05, 4.69) is 26.3 Å². The number of hydrogen-bond donors (Lipinski definition) is 1. The standard InChI is InChI=1S/C12H16BrN3O3S/c13-11-10(15-9-3-4-20(18,19)7-9)5-14-16(12(11)17)6-8-1-2-8/h5,8-9,15H,1-4,6-7H2. The summed E-state index contributed by atoms with van der Waals surface area (Å²) in [6.45, 7) is 0.662. The maximum Gasteiger partial charge on any atom is 0.283 e. The van der Waals surface area contributed by atoms with Crippen LogP contribution < -0.4 is 10.9 Å². The molecule has 0 spiro atoms. The van der Waals surface area contributed by atoms with E-state index in [0.717, 1.165) is 12.8 Å². The van der Waals surface area contributed by atoms with Gasteiger partial charge in [-0.1, -0.05) is 0 Å². The zero-order valence-electron chi connectivity index (χ0n) is 10.9. The molecule has 0 bridgehead atoms. The second-order valence-electron chi connectivity index (χ2n) is 5.55. The number of nitrogens with one attached hydrogen (secondary N) is 1. The second-order valence-corrected chi connectivity index (χ2v) is 8.57. The van der Waals surface area contributed by atoms with Gasteiger partial charge in [-0.2, -0.15) is 5.10 Å². The van der Waals surface area contributed by atoms with Crippen LogP contribution >= 0.6 is 15.9 Å². The summed E-state index contributed by atoms with van der Waals surface area (Å²) in [5, 5.41) is 7.26. The molecule has 1 N–H and O–H groups in total. The number of hydrogen-bond acceptors (Lipinski definition) is 5. The molecular weight excluding hydrogens is 346 g/mol. The number of nitrogens with zero attached hydrogens (tertiary/aromatic N) is 2. The van der Waals surface area contributed by atoms with E-state index in [0.29, 0.717) is 29.0 Å². The van der Waals surface area contributed by atoms with Crippen molar-refractivity contribution in [3.63, 3.8) is 0 Å². The summed E-state index contributed by atoms with van der Waals surface area (Å²) >= 11 is 3.29. The maximum absolute atomic E-state index is 12.1. The largest absolute Gasteiger partial charge is 0.379 e. The van der Waals surface area contributed by atoms with Crippen LogP contribution in [-0.4, -0.2) is 35.7 Å². The normalized spacial score (nSPS) is 24.8. The number of aromatic nitrogens is 2. The fraction of sp³-hybridized carbons (Fsp3) is 0.667. The van der Waals surface area contributed by atoms with E-state index in [9.17, 15) is 13.2 Å². The van der Waals surface area contributed by atoms with Gasteiger partial charge in [-0.15, -0.1) is 0 Å². The average Bonchev–Trinajstić information content (AvgIpc) is 3.13. The quantitative estimate of drug-likeness (QED) is 0.865. The Bertz CT molecular complexity index is 682. The molecule has 6 nitrogen and oxygen atoms in total. The molecule has 1 unspecified atom stereocenters. The van der Waals surface area contributed by atoms with Gasteiger partial charge in [0, 0.05) is 12.6 Å². The van der Waals surface area contributed by atoms with Crippen molar-refractivity contribution in [1.29, 1.82) is 0 Å². The summed E-state index contributed by atoms with van der Waals surface area (Å²) in [4.78, 5) is 12.1. The van der Waals surface area contributed by atoms with Crippen LogP contribution in [0.3, 0.4) is 0 Å². The molecule has 1 saturated heterocycles. The molecule has 1 aliphatic carbocycles. The smallest absolute Gasteiger partial charge is 0.283 e. The van der Waals surface area contributed by atoms with Gasteiger partial charge < -0.3 is 5.32 Å². The van der Waals surface area contributed by atoms with Gasteiger partial charge in [0.1, 0.15) is 4.47 Å². The van der Waals surface area contributed by atoms with E-state index < -0.39 is 9.84 Å². The van der Waals surface area contributed by atoms with E-state index in [1.54, 1.807) is 6.20 Å². The average molecular weight is 362 g/mol. The summed E-state index contributed by atoms with van der Waals surface area (Å²) in [5.74, 6) is 0.893. The highest BCUT2D eigenvalue weighted by Gasteiger charge is 2.29. The van der Waals surface area contributed by atoms with Gasteiger partial charge in [0.25, 0.3) is 5.56 Å². The first-order valence-corrected chi connectivity index (χ1v) is 9.28. The van der Waals surface area contributed by atoms with Crippen molar-refractivity contribution in [2.45, 2.75) is 31.8 Å². The lowest BCUT2D eigenvalue weighted by molar-refractivity contribution is 0.531. The molecule has 1 saturated carbocycles. The Hall–Kier alpha value is -0.890. The highest BCUT2D eigenvalue weighted by atomic mass is 79.9. The molecule has 2 aliphatic rings. The summed E-state index contributed by atoms with van der Waals surface area (Å²) in [7, 11) is -2.94. The van der Waals surface area contributed by atoms with Crippen LogP contribution in [0, 0.1) is 5.92 Å². The van der Waals surface area contributed by atoms with E-state index in [-0.39, 0.29) is 23.1 Å². The molecule has 1 aromatic heterocycles. The summed E-state index contributed by atoms with van der Waals surface area (Å²) in [5.41, 5.74) is 0.409. The van der Waals surface area contributed by atoms with Crippen molar-refractivity contribution in [2.75, 3.05) is 16.8 Å². The van der Waals surface area contributed by atoms with Crippen LogP contribution in [0.1, 0.15) is 19.3 Å². The van der Waals surface area contributed by atoms with Crippen molar-refractivity contribution >= 4 is 31.5 Å². The molecule has 2 fully saturated rings. The van der Waals surface area contributed by atoms with Crippen LogP contribution in [-0.2, 0) is 16.4 Å². The number of sulfone groups is 1. The SMILES string of the molecule is O=c1c(Br)c(NC2CCS(=O)(=O)C2)cnn1CC1CC1. The van der Waals surface area contributed by atoms with Crippen LogP contribution in [0.5, 0.6) is 0 Å². The number of halogens is 1. The predicted octanol–water partition coefficient (Wildman–Crippen LogP) is 1.01.